The largest absolute Gasteiger partial charge is 0.378 e. The third kappa shape index (κ3) is 3.57. The summed E-state index contributed by atoms with van der Waals surface area (Å²) < 4.78 is 4.89. The minimum absolute atomic E-state index is 0.170. The minimum atomic E-state index is -0.474. The minimum Gasteiger partial charge on any atom is -0.378 e. The Morgan fingerprint density at radius 2 is 1.86 bits per heavy atom. The average Bonchev–Trinajstić information content (AvgIpc) is 2.54. The number of hydrogen-bond acceptors (Lipinski definition) is 4. The molecule has 1 aromatic carbocycles. The van der Waals surface area contributed by atoms with E-state index in [1.165, 1.54) is 0 Å². The van der Waals surface area contributed by atoms with Gasteiger partial charge in [0.1, 0.15) is 3.55 Å². The lowest BCUT2D eigenvalue weighted by Crippen LogP contribution is -2.45. The number of alkyl halides is 1. The standard InChI is InChI=1S/C16H23IN2O2/c1-4-16(17,18(2)3)15(20)13-5-7-14(8-6-13)19-9-11-21-12-10-19/h5-8H,4,9-12H2,1-3H3. The summed E-state index contributed by atoms with van der Waals surface area (Å²) in [5, 5.41) is 0. The molecule has 0 saturated carbocycles. The second-order valence-electron chi connectivity index (χ2n) is 5.48. The number of rotatable bonds is 5. The topological polar surface area (TPSA) is 32.8 Å². The summed E-state index contributed by atoms with van der Waals surface area (Å²) in [6, 6.07) is 7.97. The highest BCUT2D eigenvalue weighted by Crippen LogP contribution is 2.30. The number of carbonyl (C=O) groups excluding carboxylic acids is 1. The molecule has 2 rings (SSSR count). The van der Waals surface area contributed by atoms with Crippen LogP contribution >= 0.6 is 22.6 Å². The summed E-state index contributed by atoms with van der Waals surface area (Å²) in [7, 11) is 3.91. The van der Waals surface area contributed by atoms with Gasteiger partial charge in [0.2, 0.25) is 0 Å². The molecule has 1 fully saturated rings. The number of carbonyl (C=O) groups is 1. The smallest absolute Gasteiger partial charge is 0.193 e. The third-order valence-electron chi connectivity index (χ3n) is 4.03. The molecule has 5 heteroatoms. The molecule has 1 atom stereocenters. The monoisotopic (exact) mass is 402 g/mol. The van der Waals surface area contributed by atoms with Gasteiger partial charge in [0.05, 0.1) is 13.2 Å². The molecule has 0 aliphatic carbocycles. The molecule has 21 heavy (non-hydrogen) atoms. The van der Waals surface area contributed by atoms with E-state index in [1.807, 2.05) is 50.2 Å². The molecule has 0 amide bonds. The Morgan fingerprint density at radius 3 is 2.33 bits per heavy atom. The first-order valence-corrected chi connectivity index (χ1v) is 8.41. The van der Waals surface area contributed by atoms with E-state index in [2.05, 4.69) is 27.5 Å². The third-order valence-corrected chi connectivity index (χ3v) is 6.25. The zero-order valence-corrected chi connectivity index (χ0v) is 15.1. The van der Waals surface area contributed by atoms with Crippen molar-refractivity contribution in [1.29, 1.82) is 0 Å². The number of halogens is 1. The van der Waals surface area contributed by atoms with E-state index < -0.39 is 3.55 Å². The maximum atomic E-state index is 12.7. The zero-order chi connectivity index (χ0) is 15.5. The molecule has 4 nitrogen and oxygen atoms in total. The number of ketones is 1. The van der Waals surface area contributed by atoms with E-state index in [4.69, 9.17) is 4.74 Å². The van der Waals surface area contributed by atoms with Crippen molar-refractivity contribution in [3.8, 4) is 0 Å². The van der Waals surface area contributed by atoms with Crippen LogP contribution in [0, 0.1) is 0 Å². The highest BCUT2D eigenvalue weighted by molar-refractivity contribution is 14.1. The number of anilines is 1. The van der Waals surface area contributed by atoms with Crippen LogP contribution in [0.15, 0.2) is 24.3 Å². The van der Waals surface area contributed by atoms with Crippen LogP contribution in [0.25, 0.3) is 0 Å². The summed E-state index contributed by atoms with van der Waals surface area (Å²) in [6.45, 7) is 5.42. The Hall–Kier alpha value is -0.660. The Labute approximate surface area is 140 Å². The fraction of sp³-hybridized carbons (Fsp3) is 0.562. The number of morpholine rings is 1. The van der Waals surface area contributed by atoms with Gasteiger partial charge in [0, 0.05) is 24.3 Å². The fourth-order valence-electron chi connectivity index (χ4n) is 2.55. The Balaban J connectivity index is 2.16. The molecule has 1 saturated heterocycles. The average molecular weight is 402 g/mol. The van der Waals surface area contributed by atoms with Crippen molar-refractivity contribution in [1.82, 2.24) is 4.90 Å². The lowest BCUT2D eigenvalue weighted by molar-refractivity contribution is 0.0852. The zero-order valence-electron chi connectivity index (χ0n) is 12.9. The Morgan fingerprint density at radius 1 is 1.29 bits per heavy atom. The van der Waals surface area contributed by atoms with Gasteiger partial charge in [-0.2, -0.15) is 0 Å². The van der Waals surface area contributed by atoms with Crippen LogP contribution in [-0.4, -0.2) is 54.6 Å². The molecule has 0 bridgehead atoms. The van der Waals surface area contributed by atoms with E-state index >= 15 is 0 Å². The number of hydrogen-bond donors (Lipinski definition) is 0. The fourth-order valence-corrected chi connectivity index (χ4v) is 2.86. The first kappa shape index (κ1) is 16.7. The van der Waals surface area contributed by atoms with Gasteiger partial charge in [-0.3, -0.25) is 9.69 Å². The molecule has 0 N–H and O–H groups in total. The van der Waals surface area contributed by atoms with Crippen molar-refractivity contribution in [2.45, 2.75) is 16.9 Å². The molecule has 1 aliphatic heterocycles. The predicted molar refractivity (Wildman–Crippen MR) is 94.5 cm³/mol. The van der Waals surface area contributed by atoms with Crippen LogP contribution in [0.2, 0.25) is 0 Å². The Bertz CT molecular complexity index is 484. The van der Waals surface area contributed by atoms with Gasteiger partial charge in [-0.05, 0) is 44.8 Å². The second kappa shape index (κ2) is 7.07. The number of Topliss-reactive ketones (excluding diaryl/α,β-unsaturated/α-hetero) is 1. The number of ether oxygens (including phenoxy) is 1. The Kier molecular flexibility index (Phi) is 5.62. The second-order valence-corrected chi connectivity index (χ2v) is 7.27. The van der Waals surface area contributed by atoms with E-state index in [0.29, 0.717) is 0 Å². The van der Waals surface area contributed by atoms with Crippen LogP contribution in [0.1, 0.15) is 23.7 Å². The molecule has 1 aliphatic rings. The summed E-state index contributed by atoms with van der Waals surface area (Å²) >= 11 is 2.26. The van der Waals surface area contributed by atoms with E-state index in [-0.39, 0.29) is 5.78 Å². The highest BCUT2D eigenvalue weighted by atomic mass is 127. The lowest BCUT2D eigenvalue weighted by atomic mass is 10.0. The maximum Gasteiger partial charge on any atom is 0.193 e. The van der Waals surface area contributed by atoms with Gasteiger partial charge in [-0.25, -0.2) is 0 Å². The summed E-state index contributed by atoms with van der Waals surface area (Å²) in [4.78, 5) is 17.0. The van der Waals surface area contributed by atoms with Crippen molar-refractivity contribution in [3.05, 3.63) is 29.8 Å². The predicted octanol–water partition coefficient (Wildman–Crippen LogP) is 2.81. The molecular weight excluding hydrogens is 379 g/mol. The lowest BCUT2D eigenvalue weighted by Gasteiger charge is -2.32. The van der Waals surface area contributed by atoms with E-state index in [1.54, 1.807) is 0 Å². The normalized spacial score (nSPS) is 18.6. The molecule has 1 heterocycles. The van der Waals surface area contributed by atoms with Crippen LogP contribution in [-0.2, 0) is 4.74 Å². The first-order valence-electron chi connectivity index (χ1n) is 7.33. The van der Waals surface area contributed by atoms with Gasteiger partial charge in [-0.15, -0.1) is 0 Å². The van der Waals surface area contributed by atoms with Gasteiger partial charge in [0.15, 0.2) is 5.78 Å². The highest BCUT2D eigenvalue weighted by Gasteiger charge is 2.36. The molecule has 116 valence electrons. The van der Waals surface area contributed by atoms with Crippen LogP contribution in [0.5, 0.6) is 0 Å². The first-order chi connectivity index (χ1) is 9.99. The van der Waals surface area contributed by atoms with Crippen LogP contribution in [0.4, 0.5) is 5.69 Å². The van der Waals surface area contributed by atoms with E-state index in [0.717, 1.165) is 44.0 Å². The van der Waals surface area contributed by atoms with Gasteiger partial charge in [0.25, 0.3) is 0 Å². The molecule has 0 spiro atoms. The SMILES string of the molecule is CCC(I)(C(=O)c1ccc(N2CCOCC2)cc1)N(C)C. The quantitative estimate of drug-likeness (QED) is 0.328. The van der Waals surface area contributed by atoms with Crippen molar-refractivity contribution >= 4 is 34.1 Å². The molecule has 1 aromatic rings. The van der Waals surface area contributed by atoms with E-state index in [9.17, 15) is 4.79 Å². The van der Waals surface area contributed by atoms with Crippen LogP contribution in [0.3, 0.4) is 0 Å². The van der Waals surface area contributed by atoms with Crippen molar-refractivity contribution < 1.29 is 9.53 Å². The molecule has 0 radical (unpaired) electrons. The van der Waals surface area contributed by atoms with Gasteiger partial charge >= 0.3 is 0 Å². The van der Waals surface area contributed by atoms with Crippen molar-refractivity contribution in [3.63, 3.8) is 0 Å². The van der Waals surface area contributed by atoms with Gasteiger partial charge in [-0.1, -0.05) is 29.5 Å². The maximum absolute atomic E-state index is 12.7. The molecule has 1 unspecified atom stereocenters. The van der Waals surface area contributed by atoms with Gasteiger partial charge < -0.3 is 9.64 Å². The number of nitrogens with zero attached hydrogens (tertiary/aromatic N) is 2. The number of likely N-dealkylation sites (N-methyl/N-ethyl adjacent to an activating group) is 1. The summed E-state index contributed by atoms with van der Waals surface area (Å²) in [6.07, 6.45) is 0.782. The molecule has 0 aromatic heterocycles. The summed E-state index contributed by atoms with van der Waals surface area (Å²) in [5.74, 6) is 0.170. The summed E-state index contributed by atoms with van der Waals surface area (Å²) in [5.41, 5.74) is 1.94. The van der Waals surface area contributed by atoms with Crippen LogP contribution < -0.4 is 4.90 Å². The molecular formula is C16H23IN2O2. The van der Waals surface area contributed by atoms with Crippen molar-refractivity contribution in [2.75, 3.05) is 45.3 Å². The van der Waals surface area contributed by atoms with Crippen molar-refractivity contribution in [2.24, 2.45) is 0 Å². The number of benzene rings is 1.